The molecule has 0 radical (unpaired) electrons. The molecule has 0 aliphatic rings. The summed E-state index contributed by atoms with van der Waals surface area (Å²) in [7, 11) is -3.84. The zero-order valence-corrected chi connectivity index (χ0v) is 18.0. The van der Waals surface area contributed by atoms with E-state index in [1.165, 1.54) is 24.3 Å². The highest BCUT2D eigenvalue weighted by molar-refractivity contribution is 7.89. The molecule has 4 aromatic rings. The quantitative estimate of drug-likeness (QED) is 0.330. The Hall–Kier alpha value is -4.02. The second-order valence-corrected chi connectivity index (χ2v) is 8.79. The van der Waals surface area contributed by atoms with E-state index in [9.17, 15) is 22.8 Å². The number of benzene rings is 3. The second kappa shape index (κ2) is 8.85. The van der Waals surface area contributed by atoms with Crippen LogP contribution in [0.3, 0.4) is 0 Å². The molecule has 4 rings (SSSR count). The zero-order chi connectivity index (χ0) is 23.6. The molecule has 3 N–H and O–H groups in total. The number of carbonyl (C=O) groups excluding carboxylic acids is 2. The van der Waals surface area contributed by atoms with Gasteiger partial charge >= 0.3 is 5.97 Å². The third-order valence-corrected chi connectivity index (χ3v) is 5.93. The molecule has 0 spiro atoms. The number of aromatic nitrogens is 1. The van der Waals surface area contributed by atoms with E-state index in [0.717, 1.165) is 0 Å². The fraction of sp³-hybridized carbons (Fsp3) is 0.0870. The number of primary sulfonamides is 1. The molecule has 9 nitrogen and oxygen atoms in total. The summed E-state index contributed by atoms with van der Waals surface area (Å²) in [5.41, 5.74) is 1.36. The minimum absolute atomic E-state index is 0.0903. The van der Waals surface area contributed by atoms with Gasteiger partial charge in [0.1, 0.15) is 6.54 Å². The van der Waals surface area contributed by atoms with Crippen molar-refractivity contribution in [2.75, 3.05) is 11.9 Å². The Balaban J connectivity index is 1.47. The third-order valence-electron chi connectivity index (χ3n) is 5.00. The molecule has 1 heterocycles. The fourth-order valence-electron chi connectivity index (χ4n) is 3.49. The van der Waals surface area contributed by atoms with Crippen LogP contribution in [0.4, 0.5) is 5.69 Å². The van der Waals surface area contributed by atoms with Gasteiger partial charge in [0.05, 0.1) is 15.9 Å². The number of para-hydroxylation sites is 2. The maximum Gasteiger partial charge on any atom is 0.326 e. The van der Waals surface area contributed by atoms with Crippen molar-refractivity contribution in [1.82, 2.24) is 4.57 Å². The number of hydrogen-bond donors (Lipinski definition) is 2. The number of esters is 1. The molecule has 3 aromatic carbocycles. The maximum absolute atomic E-state index is 12.8. The Morgan fingerprint density at radius 3 is 1.97 bits per heavy atom. The van der Waals surface area contributed by atoms with Gasteiger partial charge in [0, 0.05) is 16.5 Å². The van der Waals surface area contributed by atoms with Gasteiger partial charge in [0.15, 0.2) is 12.0 Å². The predicted molar refractivity (Wildman–Crippen MR) is 123 cm³/mol. The van der Waals surface area contributed by atoms with Gasteiger partial charge < -0.3 is 14.6 Å². The highest BCUT2D eigenvalue weighted by Crippen LogP contribution is 2.19. The number of nitrogens with zero attached hydrogens (tertiary/aromatic N) is 1. The Kier molecular flexibility index (Phi) is 5.95. The summed E-state index contributed by atoms with van der Waals surface area (Å²) in [6, 6.07) is 19.2. The zero-order valence-electron chi connectivity index (χ0n) is 17.2. The number of fused-ring (bicyclic) bond motifs is 2. The average molecular weight is 465 g/mol. The van der Waals surface area contributed by atoms with Crippen molar-refractivity contribution < 1.29 is 22.7 Å². The highest BCUT2D eigenvalue weighted by Gasteiger charge is 2.15. The van der Waals surface area contributed by atoms with Gasteiger partial charge in [-0.2, -0.15) is 0 Å². The Morgan fingerprint density at radius 1 is 0.879 bits per heavy atom. The lowest BCUT2D eigenvalue weighted by Gasteiger charge is -2.14. The van der Waals surface area contributed by atoms with Crippen molar-refractivity contribution in [3.05, 3.63) is 83.0 Å². The van der Waals surface area contributed by atoms with E-state index in [4.69, 9.17) is 9.88 Å². The summed E-state index contributed by atoms with van der Waals surface area (Å²) in [4.78, 5) is 37.3. The van der Waals surface area contributed by atoms with Crippen molar-refractivity contribution in [2.24, 2.45) is 5.14 Å². The Bertz CT molecular complexity index is 1480. The topological polar surface area (TPSA) is 138 Å². The van der Waals surface area contributed by atoms with Gasteiger partial charge in [-0.25, -0.2) is 13.6 Å². The average Bonchev–Trinajstić information content (AvgIpc) is 2.80. The van der Waals surface area contributed by atoms with E-state index < -0.39 is 28.5 Å². The largest absolute Gasteiger partial charge is 0.454 e. The SMILES string of the molecule is NS(=O)(=O)c1ccc(NC(=O)COC(=O)Cn2c3ccccc3c(=O)c3ccccc32)cc1. The van der Waals surface area contributed by atoms with Gasteiger partial charge in [-0.3, -0.25) is 14.4 Å². The number of nitrogens with one attached hydrogen (secondary N) is 1. The molecule has 168 valence electrons. The molecule has 0 atom stereocenters. The minimum Gasteiger partial charge on any atom is -0.454 e. The minimum atomic E-state index is -3.84. The number of rotatable bonds is 6. The van der Waals surface area contributed by atoms with Gasteiger partial charge in [-0.1, -0.05) is 24.3 Å². The first-order valence-corrected chi connectivity index (χ1v) is 11.4. The molecular weight excluding hydrogens is 446 g/mol. The lowest BCUT2D eigenvalue weighted by molar-refractivity contribution is -0.147. The first-order valence-electron chi connectivity index (χ1n) is 9.82. The first kappa shape index (κ1) is 22.2. The highest BCUT2D eigenvalue weighted by atomic mass is 32.2. The number of anilines is 1. The van der Waals surface area contributed by atoms with Crippen LogP contribution in [0.2, 0.25) is 0 Å². The van der Waals surface area contributed by atoms with Gasteiger partial charge in [0.2, 0.25) is 10.0 Å². The molecule has 0 fully saturated rings. The number of pyridine rings is 1. The van der Waals surface area contributed by atoms with Crippen molar-refractivity contribution in [3.63, 3.8) is 0 Å². The standard InChI is InChI=1S/C23H19N3O6S/c24-33(30,31)16-11-9-15(10-12-16)25-21(27)14-32-22(28)13-26-19-7-3-1-5-17(19)23(29)18-6-2-4-8-20(18)26/h1-12H,13-14H2,(H,25,27)(H2,24,30,31). The molecule has 0 saturated heterocycles. The van der Waals surface area contributed by atoms with Crippen LogP contribution in [0.15, 0.2) is 82.5 Å². The molecule has 0 bridgehead atoms. The molecule has 0 saturated carbocycles. The van der Waals surface area contributed by atoms with Crippen molar-refractivity contribution in [2.45, 2.75) is 11.4 Å². The summed E-state index contributed by atoms with van der Waals surface area (Å²) in [6.07, 6.45) is 0. The van der Waals surface area contributed by atoms with Crippen LogP contribution >= 0.6 is 0 Å². The van der Waals surface area contributed by atoms with Gasteiger partial charge in [-0.15, -0.1) is 0 Å². The third kappa shape index (κ3) is 4.76. The number of ether oxygens (including phenoxy) is 1. The molecule has 10 heteroatoms. The molecular formula is C23H19N3O6S. The second-order valence-electron chi connectivity index (χ2n) is 7.23. The smallest absolute Gasteiger partial charge is 0.326 e. The van der Waals surface area contributed by atoms with Crippen LogP contribution < -0.4 is 15.9 Å². The summed E-state index contributed by atoms with van der Waals surface area (Å²) < 4.78 is 29.4. The fourth-order valence-corrected chi connectivity index (χ4v) is 4.01. The summed E-state index contributed by atoms with van der Waals surface area (Å²) in [6.45, 7) is -0.733. The van der Waals surface area contributed by atoms with Crippen LogP contribution in [0.25, 0.3) is 21.8 Å². The van der Waals surface area contributed by atoms with E-state index in [1.54, 1.807) is 53.1 Å². The predicted octanol–water partition coefficient (Wildman–Crippen LogP) is 1.98. The lowest BCUT2D eigenvalue weighted by atomic mass is 10.1. The van der Waals surface area contributed by atoms with Crippen molar-refractivity contribution in [3.8, 4) is 0 Å². The maximum atomic E-state index is 12.8. The van der Waals surface area contributed by atoms with E-state index >= 15 is 0 Å². The Morgan fingerprint density at radius 2 is 1.42 bits per heavy atom. The van der Waals surface area contributed by atoms with E-state index in [0.29, 0.717) is 27.5 Å². The normalized spacial score (nSPS) is 11.4. The van der Waals surface area contributed by atoms with E-state index in [2.05, 4.69) is 5.32 Å². The van der Waals surface area contributed by atoms with Crippen LogP contribution in [0.5, 0.6) is 0 Å². The molecule has 1 amide bonds. The summed E-state index contributed by atoms with van der Waals surface area (Å²) in [5.74, 6) is -1.25. The first-order chi connectivity index (χ1) is 15.7. The molecule has 0 unspecified atom stereocenters. The number of amides is 1. The Labute approximate surface area is 188 Å². The van der Waals surface area contributed by atoms with Crippen LogP contribution in [0, 0.1) is 0 Å². The van der Waals surface area contributed by atoms with Crippen molar-refractivity contribution >= 4 is 49.4 Å². The van der Waals surface area contributed by atoms with Crippen LogP contribution in [-0.4, -0.2) is 31.5 Å². The number of hydrogen-bond acceptors (Lipinski definition) is 6. The molecule has 0 aliphatic carbocycles. The van der Waals surface area contributed by atoms with Crippen LogP contribution in [0.1, 0.15) is 0 Å². The number of nitrogens with two attached hydrogens (primary N) is 1. The van der Waals surface area contributed by atoms with Crippen molar-refractivity contribution in [1.29, 1.82) is 0 Å². The van der Waals surface area contributed by atoms with E-state index in [1.807, 2.05) is 0 Å². The lowest BCUT2D eigenvalue weighted by Crippen LogP contribution is -2.24. The summed E-state index contributed by atoms with van der Waals surface area (Å²) in [5, 5.41) is 8.50. The molecule has 33 heavy (non-hydrogen) atoms. The summed E-state index contributed by atoms with van der Waals surface area (Å²) >= 11 is 0. The monoisotopic (exact) mass is 465 g/mol. The number of sulfonamides is 1. The van der Waals surface area contributed by atoms with Gasteiger partial charge in [0.25, 0.3) is 5.91 Å². The number of carbonyl (C=O) groups is 2. The van der Waals surface area contributed by atoms with Crippen LogP contribution in [-0.2, 0) is 30.9 Å². The van der Waals surface area contributed by atoms with E-state index in [-0.39, 0.29) is 16.9 Å². The molecule has 0 aliphatic heterocycles. The van der Waals surface area contributed by atoms with Gasteiger partial charge in [-0.05, 0) is 48.5 Å². The molecule has 1 aromatic heterocycles.